The zero-order chi connectivity index (χ0) is 6.28. The standard InChI is InChI=1S/CH4N2O.CH3NO.2CH4.H3N.H2/c2-1(3)4;2-1-3;;;;/h(H4,2,3,4);1H,(H2,2,3);2*1H4;1H3;1H. The van der Waals surface area contributed by atoms with Gasteiger partial charge in [-0.1, -0.05) is 14.9 Å². The summed E-state index contributed by atoms with van der Waals surface area (Å²) < 4.78 is 0. The predicted octanol–water partition coefficient (Wildman–Crippen LogP) is -0.194. The third-order valence-electron chi connectivity index (χ3n) is 0. The van der Waals surface area contributed by atoms with Gasteiger partial charge in [-0.2, -0.15) is 0 Å². The lowest BCUT2D eigenvalue weighted by atomic mass is 11.2. The SMILES string of the molecule is C.C.N.NC(N)=O.NC=O.[HH]. The topological polar surface area (TPSA) is 147 Å². The van der Waals surface area contributed by atoms with Crippen LogP contribution in [-0.4, -0.2) is 12.4 Å². The first-order valence-corrected chi connectivity index (χ1v) is 1.35. The predicted molar refractivity (Wildman–Crippen MR) is 44.6 cm³/mol. The van der Waals surface area contributed by atoms with Crippen molar-refractivity contribution in [2.45, 2.75) is 14.9 Å². The first-order valence-electron chi connectivity index (χ1n) is 1.35. The lowest BCUT2D eigenvalue weighted by molar-refractivity contribution is -0.106. The van der Waals surface area contributed by atoms with Gasteiger partial charge in [0, 0.05) is 1.43 Å². The Morgan fingerprint density at radius 2 is 1.30 bits per heavy atom. The number of hydrogen-bond donors (Lipinski definition) is 4. The van der Waals surface area contributed by atoms with Crippen LogP contribution in [0.4, 0.5) is 4.79 Å². The van der Waals surface area contributed by atoms with Crippen LogP contribution in [0.2, 0.25) is 0 Å². The van der Waals surface area contributed by atoms with Crippen LogP contribution >= 0.6 is 0 Å². The molecular formula is C4H20N4O2. The van der Waals surface area contributed by atoms with E-state index in [4.69, 9.17) is 9.59 Å². The highest BCUT2D eigenvalue weighted by molar-refractivity contribution is 5.69. The number of urea groups is 1. The third-order valence-corrected chi connectivity index (χ3v) is 0. The van der Waals surface area contributed by atoms with Crippen molar-refractivity contribution < 1.29 is 11.0 Å². The van der Waals surface area contributed by atoms with E-state index in [1.54, 1.807) is 0 Å². The second-order valence-corrected chi connectivity index (χ2v) is 0.538. The van der Waals surface area contributed by atoms with Crippen LogP contribution in [0.5, 0.6) is 0 Å². The Bertz CT molecular complexity index is 67.1. The molecule has 0 unspecified atom stereocenters. The van der Waals surface area contributed by atoms with E-state index in [1.165, 1.54) is 0 Å². The molecule has 0 aliphatic carbocycles. The fourth-order valence-corrected chi connectivity index (χ4v) is 0. The van der Waals surface area contributed by atoms with Crippen molar-refractivity contribution in [2.75, 3.05) is 0 Å². The van der Waals surface area contributed by atoms with Crippen molar-refractivity contribution >= 4 is 12.4 Å². The highest BCUT2D eigenvalue weighted by Crippen LogP contribution is 1.25. The summed E-state index contributed by atoms with van der Waals surface area (Å²) in [6.07, 6.45) is 0.250. The van der Waals surface area contributed by atoms with Gasteiger partial charge in [0.05, 0.1) is 0 Å². The zero-order valence-corrected chi connectivity index (χ0v) is 4.33. The van der Waals surface area contributed by atoms with Crippen LogP contribution in [0.15, 0.2) is 0 Å². The molecule has 6 heteroatoms. The Labute approximate surface area is 62.8 Å². The molecule has 0 aromatic rings. The molecule has 0 heterocycles. The van der Waals surface area contributed by atoms with Crippen LogP contribution in [-0.2, 0) is 4.79 Å². The molecule has 0 aliphatic rings. The second kappa shape index (κ2) is 47.4. The Hall–Kier alpha value is -1.30. The smallest absolute Gasteiger partial charge is 0.309 e. The molecular weight excluding hydrogens is 136 g/mol. The maximum atomic E-state index is 9.00. The van der Waals surface area contributed by atoms with E-state index in [2.05, 4.69) is 17.2 Å². The fraction of sp³-hybridized carbons (Fsp3) is 0.500. The molecule has 0 aromatic heterocycles. The molecule has 3 amide bonds. The summed E-state index contributed by atoms with van der Waals surface area (Å²) in [6, 6.07) is -0.833. The molecule has 0 atom stereocenters. The van der Waals surface area contributed by atoms with Crippen molar-refractivity contribution in [1.82, 2.24) is 6.15 Å². The first-order chi connectivity index (χ1) is 3.15. The molecule has 68 valence electrons. The number of primary amides is 3. The average molecular weight is 156 g/mol. The summed E-state index contributed by atoms with van der Waals surface area (Å²) in [6.45, 7) is 0. The van der Waals surface area contributed by atoms with Gasteiger partial charge in [-0.25, -0.2) is 4.79 Å². The van der Waals surface area contributed by atoms with Gasteiger partial charge in [-0.3, -0.25) is 4.79 Å². The molecule has 0 spiro atoms. The number of nitrogens with two attached hydrogens (primary N) is 3. The van der Waals surface area contributed by atoms with Crippen molar-refractivity contribution in [3.8, 4) is 0 Å². The van der Waals surface area contributed by atoms with Gasteiger partial charge in [0.25, 0.3) is 0 Å². The van der Waals surface area contributed by atoms with Crippen LogP contribution in [0.1, 0.15) is 16.3 Å². The maximum Gasteiger partial charge on any atom is 0.309 e. The van der Waals surface area contributed by atoms with Gasteiger partial charge in [0.15, 0.2) is 0 Å². The van der Waals surface area contributed by atoms with Gasteiger partial charge in [-0.05, 0) is 0 Å². The normalized spacial score (nSPS) is 3.60. The van der Waals surface area contributed by atoms with Crippen LogP contribution in [0.25, 0.3) is 0 Å². The Balaban J connectivity index is -0.00000000848. The van der Waals surface area contributed by atoms with Gasteiger partial charge >= 0.3 is 6.03 Å². The molecule has 0 bridgehead atoms. The van der Waals surface area contributed by atoms with E-state index in [0.717, 1.165) is 0 Å². The number of carbonyl (C=O) groups excluding carboxylic acids is 2. The lowest BCUT2D eigenvalue weighted by Crippen LogP contribution is -2.18. The van der Waals surface area contributed by atoms with E-state index in [9.17, 15) is 0 Å². The van der Waals surface area contributed by atoms with Crippen LogP contribution in [0.3, 0.4) is 0 Å². The van der Waals surface area contributed by atoms with Crippen molar-refractivity contribution in [3.05, 3.63) is 0 Å². The number of amides is 3. The highest BCUT2D eigenvalue weighted by Gasteiger charge is 1.60. The molecule has 10 heavy (non-hydrogen) atoms. The third kappa shape index (κ3) is 129. The maximum absolute atomic E-state index is 9.00. The Morgan fingerprint density at radius 3 is 1.30 bits per heavy atom. The van der Waals surface area contributed by atoms with E-state index in [0.29, 0.717) is 0 Å². The van der Waals surface area contributed by atoms with Gasteiger partial charge in [0.1, 0.15) is 0 Å². The minimum Gasteiger partial charge on any atom is -0.372 e. The zero-order valence-electron chi connectivity index (χ0n) is 4.33. The summed E-state index contributed by atoms with van der Waals surface area (Å²) in [5.41, 5.74) is 12.7. The minimum atomic E-state index is -0.833. The second-order valence-electron chi connectivity index (χ2n) is 0.538. The summed E-state index contributed by atoms with van der Waals surface area (Å²) in [4.78, 5) is 17.6. The molecule has 0 fully saturated rings. The summed E-state index contributed by atoms with van der Waals surface area (Å²) in [5, 5.41) is 0. The van der Waals surface area contributed by atoms with Crippen molar-refractivity contribution in [3.63, 3.8) is 0 Å². The van der Waals surface area contributed by atoms with Crippen LogP contribution in [0, 0.1) is 0 Å². The number of carbonyl (C=O) groups is 2. The number of rotatable bonds is 0. The van der Waals surface area contributed by atoms with Crippen LogP contribution < -0.4 is 23.4 Å². The van der Waals surface area contributed by atoms with E-state index < -0.39 is 6.03 Å². The fourth-order valence-electron chi connectivity index (χ4n) is 0. The summed E-state index contributed by atoms with van der Waals surface area (Å²) in [7, 11) is 0. The lowest BCUT2D eigenvalue weighted by Gasteiger charge is -1.62. The van der Waals surface area contributed by atoms with Crippen molar-refractivity contribution in [2.24, 2.45) is 17.2 Å². The average Bonchev–Trinajstić information content (AvgIpc) is 1.33. The summed E-state index contributed by atoms with van der Waals surface area (Å²) in [5.74, 6) is 0. The highest BCUT2D eigenvalue weighted by atomic mass is 16.2. The molecule has 0 aromatic carbocycles. The largest absolute Gasteiger partial charge is 0.372 e. The number of hydrogen-bond acceptors (Lipinski definition) is 3. The first kappa shape index (κ1) is 37.7. The van der Waals surface area contributed by atoms with Gasteiger partial charge in [0.2, 0.25) is 6.41 Å². The molecule has 9 N–H and O–H groups in total. The van der Waals surface area contributed by atoms with Gasteiger partial charge in [-0.15, -0.1) is 0 Å². The quantitative estimate of drug-likeness (QED) is 0.360. The Morgan fingerprint density at radius 1 is 1.30 bits per heavy atom. The molecule has 0 saturated heterocycles. The van der Waals surface area contributed by atoms with E-state index in [1.807, 2.05) is 0 Å². The molecule has 0 radical (unpaired) electrons. The van der Waals surface area contributed by atoms with E-state index in [-0.39, 0.29) is 28.8 Å². The molecule has 0 saturated carbocycles. The molecule has 0 aliphatic heterocycles. The summed E-state index contributed by atoms with van der Waals surface area (Å²) >= 11 is 0. The molecule has 0 rings (SSSR count). The van der Waals surface area contributed by atoms with E-state index >= 15 is 0 Å². The monoisotopic (exact) mass is 156 g/mol. The molecule has 6 nitrogen and oxygen atoms in total. The van der Waals surface area contributed by atoms with Gasteiger partial charge < -0.3 is 23.4 Å². The minimum absolute atomic E-state index is 0. The Kier molecular flexibility index (Phi) is 179. The van der Waals surface area contributed by atoms with Crippen molar-refractivity contribution in [1.29, 1.82) is 0 Å².